The number of amides is 1. The van der Waals surface area contributed by atoms with Crippen LogP contribution in [0.5, 0.6) is 0 Å². The maximum Gasteiger partial charge on any atom is 0.443 e. The van der Waals surface area contributed by atoms with E-state index in [0.29, 0.717) is 17.0 Å². The molecule has 0 aromatic heterocycles. The quantitative estimate of drug-likeness (QED) is 0.452. The van der Waals surface area contributed by atoms with E-state index < -0.39 is 29.0 Å². The topological polar surface area (TPSA) is 146 Å². The second-order valence-corrected chi connectivity index (χ2v) is 6.70. The minimum absolute atomic E-state index is 0.0296. The van der Waals surface area contributed by atoms with E-state index in [4.69, 9.17) is 9.94 Å². The number of ether oxygens (including phenoxy) is 1. The van der Waals surface area contributed by atoms with E-state index in [2.05, 4.69) is 9.57 Å². The van der Waals surface area contributed by atoms with Crippen LogP contribution in [0.4, 0.5) is 4.79 Å². The van der Waals surface area contributed by atoms with Crippen molar-refractivity contribution in [2.75, 3.05) is 13.7 Å². The number of carboxylic acids is 1. The molecule has 0 saturated heterocycles. The zero-order chi connectivity index (χ0) is 22.0. The molecular weight excluding hydrogens is 388 g/mol. The number of hydrogen-bond acceptors (Lipinski definition) is 8. The monoisotopic (exact) mass is 412 g/mol. The average Bonchev–Trinajstić information content (AvgIpc) is 2.64. The molecule has 1 amide bonds. The molecule has 0 saturated carbocycles. The largest absolute Gasteiger partial charge is 0.481 e. The molecule has 1 aromatic carbocycles. The second kappa shape index (κ2) is 11.5. The van der Waals surface area contributed by atoms with Crippen LogP contribution >= 0.6 is 0 Å². The molecule has 0 aliphatic rings. The lowest BCUT2D eigenvalue weighted by Crippen LogP contribution is -2.38. The second-order valence-electron chi connectivity index (χ2n) is 6.70. The van der Waals surface area contributed by atoms with Gasteiger partial charge in [-0.1, -0.05) is 26.0 Å². The van der Waals surface area contributed by atoms with Crippen molar-refractivity contribution in [1.29, 1.82) is 0 Å². The summed E-state index contributed by atoms with van der Waals surface area (Å²) >= 11 is 0. The Morgan fingerprint density at radius 3 is 2.52 bits per heavy atom. The number of hydroxylamine groups is 2. The molecule has 1 rings (SSSR count). The zero-order valence-corrected chi connectivity index (χ0v) is 16.4. The summed E-state index contributed by atoms with van der Waals surface area (Å²) in [7, 11) is 1.10. The normalized spacial score (nSPS) is 11.4. The number of carbonyl (C=O) groups excluding carboxylic acids is 2. The Labute approximate surface area is 167 Å². The van der Waals surface area contributed by atoms with Crippen molar-refractivity contribution < 1.29 is 39.0 Å². The average molecular weight is 412 g/mol. The number of carbonyl (C=O) groups is 3. The van der Waals surface area contributed by atoms with Crippen molar-refractivity contribution in [3.8, 4) is 0 Å². The van der Waals surface area contributed by atoms with Gasteiger partial charge in [-0.3, -0.25) is 4.79 Å². The van der Waals surface area contributed by atoms with Crippen LogP contribution in [-0.4, -0.2) is 46.9 Å². The molecule has 0 radical (unpaired) electrons. The fourth-order valence-electron chi connectivity index (χ4n) is 2.69. The van der Waals surface area contributed by atoms with Crippen molar-refractivity contribution in [1.82, 2.24) is 5.06 Å². The first-order valence-corrected chi connectivity index (χ1v) is 8.78. The number of methoxy groups -OCH3 is 1. The van der Waals surface area contributed by atoms with Crippen LogP contribution in [0.1, 0.15) is 42.6 Å². The Balaban J connectivity index is 2.92. The summed E-state index contributed by atoms with van der Waals surface area (Å²) < 4.78 is 4.62. The van der Waals surface area contributed by atoms with Crippen LogP contribution in [-0.2, 0) is 25.8 Å². The SMILES string of the molecule is COC(=O)N(C[C@H](CC(=O)O)CC(C)C)OC(=O)c1cccc(CO[N+](=O)[O-])c1. The third-order valence-corrected chi connectivity index (χ3v) is 3.76. The predicted octanol–water partition coefficient (Wildman–Crippen LogP) is 2.67. The molecule has 29 heavy (non-hydrogen) atoms. The van der Waals surface area contributed by atoms with Gasteiger partial charge in [-0.2, -0.15) is 0 Å². The first kappa shape index (κ1) is 23.7. The van der Waals surface area contributed by atoms with Gasteiger partial charge in [0.15, 0.2) is 0 Å². The molecule has 1 N–H and O–H groups in total. The van der Waals surface area contributed by atoms with Gasteiger partial charge in [0.1, 0.15) is 6.61 Å². The van der Waals surface area contributed by atoms with E-state index in [1.54, 1.807) is 0 Å². The lowest BCUT2D eigenvalue weighted by atomic mass is 9.94. The summed E-state index contributed by atoms with van der Waals surface area (Å²) in [6.45, 7) is 3.29. The molecular formula is C18H24N2O9. The number of aliphatic carboxylic acids is 1. The van der Waals surface area contributed by atoms with Crippen LogP contribution < -0.4 is 0 Å². The minimum Gasteiger partial charge on any atom is -0.481 e. The van der Waals surface area contributed by atoms with Gasteiger partial charge in [0.2, 0.25) is 0 Å². The van der Waals surface area contributed by atoms with E-state index in [1.165, 1.54) is 24.3 Å². The van der Waals surface area contributed by atoms with Crippen LogP contribution in [0, 0.1) is 22.0 Å². The summed E-state index contributed by atoms with van der Waals surface area (Å²) in [5, 5.41) is 19.1. The molecule has 11 heteroatoms. The summed E-state index contributed by atoms with van der Waals surface area (Å²) in [5.74, 6) is -2.24. The van der Waals surface area contributed by atoms with Crippen molar-refractivity contribution in [2.45, 2.75) is 33.3 Å². The van der Waals surface area contributed by atoms with Gasteiger partial charge in [-0.15, -0.1) is 15.2 Å². The Morgan fingerprint density at radius 1 is 1.28 bits per heavy atom. The maximum atomic E-state index is 12.4. The molecule has 0 spiro atoms. The lowest BCUT2D eigenvalue weighted by Gasteiger charge is -2.25. The smallest absolute Gasteiger partial charge is 0.443 e. The first-order chi connectivity index (χ1) is 13.6. The summed E-state index contributed by atoms with van der Waals surface area (Å²) in [5.41, 5.74) is 0.381. The molecule has 0 bridgehead atoms. The van der Waals surface area contributed by atoms with E-state index in [1.807, 2.05) is 13.8 Å². The van der Waals surface area contributed by atoms with Gasteiger partial charge in [-0.05, 0) is 36.0 Å². The highest BCUT2D eigenvalue weighted by Gasteiger charge is 2.26. The molecule has 0 unspecified atom stereocenters. The summed E-state index contributed by atoms with van der Waals surface area (Å²) in [6, 6.07) is 5.72. The highest BCUT2D eigenvalue weighted by atomic mass is 16.9. The molecule has 0 heterocycles. The van der Waals surface area contributed by atoms with Crippen molar-refractivity contribution in [3.63, 3.8) is 0 Å². The number of nitrogens with zero attached hydrogens (tertiary/aromatic N) is 2. The van der Waals surface area contributed by atoms with E-state index in [0.717, 1.165) is 7.11 Å². The van der Waals surface area contributed by atoms with Crippen LogP contribution in [0.15, 0.2) is 24.3 Å². The predicted molar refractivity (Wildman–Crippen MR) is 97.9 cm³/mol. The van der Waals surface area contributed by atoms with Crippen LogP contribution in [0.3, 0.4) is 0 Å². The Hall–Kier alpha value is -3.37. The van der Waals surface area contributed by atoms with Gasteiger partial charge in [0.25, 0.3) is 5.09 Å². The minimum atomic E-state index is -1.04. The fourth-order valence-corrected chi connectivity index (χ4v) is 2.69. The Morgan fingerprint density at radius 2 is 1.97 bits per heavy atom. The third kappa shape index (κ3) is 8.91. The van der Waals surface area contributed by atoms with Gasteiger partial charge in [0.05, 0.1) is 19.2 Å². The molecule has 1 atom stereocenters. The lowest BCUT2D eigenvalue weighted by molar-refractivity contribution is -0.763. The highest BCUT2D eigenvalue weighted by Crippen LogP contribution is 2.19. The van der Waals surface area contributed by atoms with Gasteiger partial charge in [0, 0.05) is 6.42 Å². The van der Waals surface area contributed by atoms with Crippen molar-refractivity contribution >= 4 is 18.0 Å². The van der Waals surface area contributed by atoms with E-state index in [9.17, 15) is 24.5 Å². The Bertz CT molecular complexity index is 736. The Kier molecular flexibility index (Phi) is 9.36. The highest BCUT2D eigenvalue weighted by molar-refractivity contribution is 5.90. The number of hydrogen-bond donors (Lipinski definition) is 1. The zero-order valence-electron chi connectivity index (χ0n) is 16.4. The standard InChI is InChI=1S/C18H24N2O9/c1-12(2)7-14(9-16(21)22)10-19(18(24)27-3)29-17(23)15-6-4-5-13(8-15)11-28-20(25)26/h4-6,8,12,14H,7,9-11H2,1-3H3,(H,21,22)/t14-/m0/s1. The van der Waals surface area contributed by atoms with Crippen molar-refractivity contribution in [3.05, 3.63) is 45.5 Å². The van der Waals surface area contributed by atoms with Crippen LogP contribution in [0.2, 0.25) is 0 Å². The van der Waals surface area contributed by atoms with Gasteiger partial charge in [-0.25, -0.2) is 9.59 Å². The number of benzene rings is 1. The van der Waals surface area contributed by atoms with E-state index >= 15 is 0 Å². The van der Waals surface area contributed by atoms with Gasteiger partial charge < -0.3 is 19.5 Å². The molecule has 160 valence electrons. The summed E-state index contributed by atoms with van der Waals surface area (Å²) in [4.78, 5) is 55.2. The maximum absolute atomic E-state index is 12.4. The molecule has 0 fully saturated rings. The molecule has 1 aromatic rings. The molecule has 0 aliphatic carbocycles. The molecule has 11 nitrogen and oxygen atoms in total. The summed E-state index contributed by atoms with van der Waals surface area (Å²) in [6.07, 6.45) is -0.674. The van der Waals surface area contributed by atoms with Gasteiger partial charge >= 0.3 is 18.0 Å². The third-order valence-electron chi connectivity index (χ3n) is 3.76. The van der Waals surface area contributed by atoms with E-state index in [-0.39, 0.29) is 31.1 Å². The molecule has 0 aliphatic heterocycles. The van der Waals surface area contributed by atoms with Crippen molar-refractivity contribution in [2.24, 2.45) is 11.8 Å². The number of rotatable bonds is 10. The number of carboxylic acid groups (broad SMARTS) is 1. The first-order valence-electron chi connectivity index (χ1n) is 8.78. The van der Waals surface area contributed by atoms with Crippen LogP contribution in [0.25, 0.3) is 0 Å². The fraction of sp³-hybridized carbons (Fsp3) is 0.500.